The van der Waals surface area contributed by atoms with Gasteiger partial charge in [0.05, 0.1) is 0 Å². The van der Waals surface area contributed by atoms with Crippen molar-refractivity contribution in [2.45, 2.75) is 24.0 Å². The summed E-state index contributed by atoms with van der Waals surface area (Å²) in [6.07, 6.45) is 2.28. The Balaban J connectivity index is 1.42. The fourth-order valence-corrected chi connectivity index (χ4v) is 3.50. The minimum absolute atomic E-state index is 0.0567. The van der Waals surface area contributed by atoms with E-state index in [-0.39, 0.29) is 23.8 Å². The Morgan fingerprint density at radius 1 is 1.15 bits per heavy atom. The Kier molecular flexibility index (Phi) is 4.06. The van der Waals surface area contributed by atoms with Crippen LogP contribution in [0.3, 0.4) is 0 Å². The highest BCUT2D eigenvalue weighted by Gasteiger charge is 2.29. The van der Waals surface area contributed by atoms with E-state index in [4.69, 9.17) is 13.9 Å². The maximum atomic E-state index is 12.7. The van der Waals surface area contributed by atoms with E-state index in [1.165, 1.54) is 0 Å². The average Bonchev–Trinajstić information content (AvgIpc) is 3.29. The van der Waals surface area contributed by atoms with Crippen LogP contribution in [-0.4, -0.2) is 55.6 Å². The first-order valence-corrected chi connectivity index (χ1v) is 10.0. The first kappa shape index (κ1) is 16.8. The molecule has 26 heavy (non-hydrogen) atoms. The van der Waals surface area contributed by atoms with Crippen molar-refractivity contribution in [3.8, 4) is 11.5 Å². The van der Waals surface area contributed by atoms with Crippen LogP contribution in [0.15, 0.2) is 27.8 Å². The summed E-state index contributed by atoms with van der Waals surface area (Å²) in [5.41, 5.74) is 0.546. The summed E-state index contributed by atoms with van der Waals surface area (Å²) >= 11 is 0. The van der Waals surface area contributed by atoms with Crippen molar-refractivity contribution in [2.75, 3.05) is 26.1 Å². The molecule has 0 radical (unpaired) electrons. The van der Waals surface area contributed by atoms with E-state index < -0.39 is 9.84 Å². The quantitative estimate of drug-likeness (QED) is 0.782. The number of aromatic nitrogens is 2. The van der Waals surface area contributed by atoms with Gasteiger partial charge in [-0.05, 0) is 31.0 Å². The molecule has 2 aromatic rings. The lowest BCUT2D eigenvalue weighted by Gasteiger charge is -2.30. The Hall–Kier alpha value is -2.62. The molecule has 0 unspecified atom stereocenters. The fraction of sp³-hybridized carbons (Fsp3) is 0.438. The second-order valence-electron chi connectivity index (χ2n) is 6.31. The van der Waals surface area contributed by atoms with Crippen molar-refractivity contribution < 1.29 is 27.1 Å². The first-order valence-electron chi connectivity index (χ1n) is 8.14. The van der Waals surface area contributed by atoms with E-state index in [0.717, 1.165) is 6.26 Å². The summed E-state index contributed by atoms with van der Waals surface area (Å²) < 4.78 is 38.7. The molecule has 9 nitrogen and oxygen atoms in total. The number of nitrogens with zero attached hydrogens (tertiary/aromatic N) is 3. The van der Waals surface area contributed by atoms with Gasteiger partial charge in [0, 0.05) is 30.8 Å². The second-order valence-corrected chi connectivity index (χ2v) is 8.21. The molecule has 1 fully saturated rings. The molecule has 10 heteroatoms. The Labute approximate surface area is 149 Å². The van der Waals surface area contributed by atoms with Crippen LogP contribution in [0.2, 0.25) is 0 Å². The Morgan fingerprint density at radius 3 is 2.58 bits per heavy atom. The zero-order valence-corrected chi connectivity index (χ0v) is 14.9. The van der Waals surface area contributed by atoms with Crippen LogP contribution in [0.5, 0.6) is 11.5 Å². The number of hydrogen-bond acceptors (Lipinski definition) is 8. The molecule has 2 aliphatic rings. The van der Waals surface area contributed by atoms with Gasteiger partial charge in [-0.15, -0.1) is 5.10 Å². The van der Waals surface area contributed by atoms with Crippen LogP contribution in [0.1, 0.15) is 35.0 Å². The SMILES string of the molecule is CS(=O)(=O)c1nnc(C2CCN(C(=O)c3ccc4c(c3)OCO4)CC2)o1. The predicted octanol–water partition coefficient (Wildman–Crippen LogP) is 1.22. The monoisotopic (exact) mass is 379 g/mol. The number of benzene rings is 1. The first-order chi connectivity index (χ1) is 12.4. The van der Waals surface area contributed by atoms with Crippen LogP contribution in [0, 0.1) is 0 Å². The van der Waals surface area contributed by atoms with Gasteiger partial charge in [-0.25, -0.2) is 8.42 Å². The molecule has 1 aromatic heterocycles. The number of sulfone groups is 1. The standard InChI is InChI=1S/C16H17N3O6S/c1-26(21,22)16-18-17-14(25-16)10-4-6-19(7-5-10)15(20)11-2-3-12-13(8-11)24-9-23-12/h2-3,8,10H,4-7,9H2,1H3. The van der Waals surface area contributed by atoms with Gasteiger partial charge in [0.1, 0.15) is 0 Å². The molecule has 2 aliphatic heterocycles. The van der Waals surface area contributed by atoms with Crippen molar-refractivity contribution in [1.29, 1.82) is 0 Å². The Morgan fingerprint density at radius 2 is 1.88 bits per heavy atom. The third-order valence-electron chi connectivity index (χ3n) is 4.49. The maximum Gasteiger partial charge on any atom is 0.335 e. The normalized spacial score (nSPS) is 17.5. The zero-order chi connectivity index (χ0) is 18.3. The summed E-state index contributed by atoms with van der Waals surface area (Å²) in [5.74, 6) is 1.38. The summed E-state index contributed by atoms with van der Waals surface area (Å²) in [7, 11) is -3.51. The maximum absolute atomic E-state index is 12.7. The number of rotatable bonds is 3. The predicted molar refractivity (Wildman–Crippen MR) is 87.9 cm³/mol. The van der Waals surface area contributed by atoms with Crippen molar-refractivity contribution in [1.82, 2.24) is 15.1 Å². The van der Waals surface area contributed by atoms with Crippen LogP contribution in [-0.2, 0) is 9.84 Å². The molecule has 0 bridgehead atoms. The minimum Gasteiger partial charge on any atom is -0.454 e. The third kappa shape index (κ3) is 3.12. The van der Waals surface area contributed by atoms with E-state index in [9.17, 15) is 13.2 Å². The largest absolute Gasteiger partial charge is 0.454 e. The van der Waals surface area contributed by atoms with Gasteiger partial charge in [0.2, 0.25) is 22.5 Å². The molecule has 0 aliphatic carbocycles. The number of piperidine rings is 1. The number of carbonyl (C=O) groups is 1. The van der Waals surface area contributed by atoms with Crippen molar-refractivity contribution in [3.63, 3.8) is 0 Å². The molecular formula is C16H17N3O6S. The summed E-state index contributed by atoms with van der Waals surface area (Å²) in [6.45, 7) is 1.21. The van der Waals surface area contributed by atoms with Gasteiger partial charge in [-0.1, -0.05) is 5.10 Å². The molecule has 3 heterocycles. The highest BCUT2D eigenvalue weighted by Crippen LogP contribution is 2.34. The molecular weight excluding hydrogens is 362 g/mol. The number of carbonyl (C=O) groups excluding carboxylic acids is 1. The highest BCUT2D eigenvalue weighted by molar-refractivity contribution is 7.90. The zero-order valence-electron chi connectivity index (χ0n) is 14.0. The molecule has 1 amide bonds. The third-order valence-corrected chi connectivity index (χ3v) is 5.29. The molecule has 0 spiro atoms. The lowest BCUT2D eigenvalue weighted by atomic mass is 9.96. The van der Waals surface area contributed by atoms with E-state index in [1.807, 2.05) is 0 Å². The fourth-order valence-electron chi connectivity index (χ4n) is 3.08. The van der Waals surface area contributed by atoms with E-state index >= 15 is 0 Å². The summed E-state index contributed by atoms with van der Waals surface area (Å²) in [4.78, 5) is 14.4. The van der Waals surface area contributed by atoms with Gasteiger partial charge in [-0.3, -0.25) is 4.79 Å². The smallest absolute Gasteiger partial charge is 0.335 e. The van der Waals surface area contributed by atoms with Gasteiger partial charge in [0.25, 0.3) is 5.91 Å². The second kappa shape index (κ2) is 6.27. The van der Waals surface area contributed by atoms with Crippen LogP contribution < -0.4 is 9.47 Å². The summed E-state index contributed by atoms with van der Waals surface area (Å²) in [5, 5.41) is 7.06. The van der Waals surface area contributed by atoms with Crippen molar-refractivity contribution >= 4 is 15.7 Å². The van der Waals surface area contributed by atoms with Crippen LogP contribution >= 0.6 is 0 Å². The molecule has 1 saturated heterocycles. The van der Waals surface area contributed by atoms with E-state index in [0.29, 0.717) is 48.9 Å². The average molecular weight is 379 g/mol. The van der Waals surface area contributed by atoms with Crippen molar-refractivity contribution in [3.05, 3.63) is 29.7 Å². The molecule has 138 valence electrons. The van der Waals surface area contributed by atoms with Gasteiger partial charge in [-0.2, -0.15) is 0 Å². The molecule has 0 saturated carbocycles. The summed E-state index contributed by atoms with van der Waals surface area (Å²) in [6, 6.07) is 5.14. The number of fused-ring (bicyclic) bond motifs is 1. The number of amides is 1. The topological polar surface area (TPSA) is 112 Å². The number of likely N-dealkylation sites (tertiary alicyclic amines) is 1. The van der Waals surface area contributed by atoms with Gasteiger partial charge < -0.3 is 18.8 Å². The van der Waals surface area contributed by atoms with E-state index in [1.54, 1.807) is 23.1 Å². The van der Waals surface area contributed by atoms with Crippen LogP contribution in [0.4, 0.5) is 0 Å². The Bertz CT molecular complexity index is 947. The minimum atomic E-state index is -3.51. The number of ether oxygens (including phenoxy) is 2. The lowest BCUT2D eigenvalue weighted by molar-refractivity contribution is 0.0705. The molecule has 1 aromatic carbocycles. The molecule has 4 rings (SSSR count). The van der Waals surface area contributed by atoms with Crippen LogP contribution in [0.25, 0.3) is 0 Å². The van der Waals surface area contributed by atoms with Crippen molar-refractivity contribution in [2.24, 2.45) is 0 Å². The number of hydrogen-bond donors (Lipinski definition) is 0. The highest BCUT2D eigenvalue weighted by atomic mass is 32.2. The van der Waals surface area contributed by atoms with E-state index in [2.05, 4.69) is 10.2 Å². The van der Waals surface area contributed by atoms with Gasteiger partial charge in [0.15, 0.2) is 11.5 Å². The lowest BCUT2D eigenvalue weighted by Crippen LogP contribution is -2.38. The molecule has 0 atom stereocenters. The van der Waals surface area contributed by atoms with Gasteiger partial charge >= 0.3 is 5.22 Å². The molecule has 0 N–H and O–H groups in total.